The molecule has 0 N–H and O–H groups in total. The van der Waals surface area contributed by atoms with Crippen molar-refractivity contribution in [3.05, 3.63) is 27.1 Å². The number of methoxy groups -OCH3 is 1. The second-order valence-corrected chi connectivity index (χ2v) is 3.62. The first-order valence-electron chi connectivity index (χ1n) is 3.68. The van der Waals surface area contributed by atoms with Gasteiger partial charge in [0, 0.05) is 0 Å². The highest BCUT2D eigenvalue weighted by Crippen LogP contribution is 2.31. The van der Waals surface area contributed by atoms with Crippen LogP contribution in [0.3, 0.4) is 0 Å². The van der Waals surface area contributed by atoms with Gasteiger partial charge in [0.25, 0.3) is 0 Å². The number of esters is 1. The summed E-state index contributed by atoms with van der Waals surface area (Å²) in [4.78, 5) is 14.5. The van der Waals surface area contributed by atoms with Crippen molar-refractivity contribution in [2.24, 2.45) is 0 Å². The summed E-state index contributed by atoms with van der Waals surface area (Å²) in [6, 6.07) is 1.98. The predicted molar refractivity (Wildman–Crippen MR) is 53.3 cm³/mol. The van der Waals surface area contributed by atoms with E-state index in [0.717, 1.165) is 13.2 Å². The molecule has 0 spiro atoms. The number of ether oxygens (including phenoxy) is 1. The van der Waals surface area contributed by atoms with E-state index in [2.05, 4.69) is 9.72 Å². The smallest absolute Gasteiger partial charge is 0.418 e. The van der Waals surface area contributed by atoms with Crippen molar-refractivity contribution in [2.75, 3.05) is 7.11 Å². The molecule has 0 amide bonds. The Balaban J connectivity index is 3.33. The molecule has 0 atom stereocenters. The van der Waals surface area contributed by atoms with Crippen molar-refractivity contribution >= 4 is 28.6 Å². The zero-order valence-electron chi connectivity index (χ0n) is 7.43. The fraction of sp³-hybridized carbons (Fsp3) is 0.250. The summed E-state index contributed by atoms with van der Waals surface area (Å²) in [6.45, 7) is 0. The van der Waals surface area contributed by atoms with Crippen LogP contribution in [0.15, 0.2) is 12.1 Å². The van der Waals surface area contributed by atoms with Gasteiger partial charge in [-0.1, -0.05) is 0 Å². The number of hydrogen-bond donors (Lipinski definition) is 0. The van der Waals surface area contributed by atoms with Gasteiger partial charge in [-0.05, 0) is 34.7 Å². The molecule has 0 saturated carbocycles. The van der Waals surface area contributed by atoms with Crippen molar-refractivity contribution < 1.29 is 22.7 Å². The lowest BCUT2D eigenvalue weighted by atomic mass is 10.2. The predicted octanol–water partition coefficient (Wildman–Crippen LogP) is 2.49. The van der Waals surface area contributed by atoms with E-state index in [1.165, 1.54) is 6.07 Å². The Hall–Kier alpha value is -0.860. The van der Waals surface area contributed by atoms with Crippen LogP contribution in [0.1, 0.15) is 16.1 Å². The molecule has 0 aliphatic heterocycles. The molecule has 0 aliphatic rings. The Morgan fingerprint density at radius 2 is 2.07 bits per heavy atom. The Kier molecular flexibility index (Phi) is 3.53. The molecule has 0 unspecified atom stereocenters. The van der Waals surface area contributed by atoms with E-state index in [9.17, 15) is 18.0 Å². The van der Waals surface area contributed by atoms with Gasteiger partial charge in [0.05, 0.1) is 12.7 Å². The Bertz CT molecular complexity index is 392. The second-order valence-electron chi connectivity index (χ2n) is 2.52. The molecule has 3 nitrogen and oxygen atoms in total. The molecular weight excluding hydrogens is 326 g/mol. The lowest BCUT2D eigenvalue weighted by Crippen LogP contribution is -2.16. The molecule has 1 heterocycles. The summed E-state index contributed by atoms with van der Waals surface area (Å²) >= 11 is 1.71. The number of pyridine rings is 1. The minimum absolute atomic E-state index is 0.293. The lowest BCUT2D eigenvalue weighted by molar-refractivity contribution is -0.138. The Labute approximate surface area is 96.8 Å². The topological polar surface area (TPSA) is 39.2 Å². The van der Waals surface area contributed by atoms with E-state index >= 15 is 0 Å². The van der Waals surface area contributed by atoms with Crippen molar-refractivity contribution in [1.29, 1.82) is 0 Å². The molecule has 1 aromatic heterocycles. The molecular formula is C8H5F3INO2. The molecule has 0 radical (unpaired) electrons. The van der Waals surface area contributed by atoms with Gasteiger partial charge in [-0.25, -0.2) is 9.78 Å². The van der Waals surface area contributed by atoms with E-state index in [1.54, 1.807) is 22.6 Å². The summed E-state index contributed by atoms with van der Waals surface area (Å²) in [5, 5.41) is 0. The molecule has 0 fully saturated rings. The van der Waals surface area contributed by atoms with E-state index < -0.39 is 23.4 Å². The zero-order chi connectivity index (χ0) is 11.6. The summed E-state index contributed by atoms with van der Waals surface area (Å²) in [5.41, 5.74) is -1.80. The van der Waals surface area contributed by atoms with E-state index in [4.69, 9.17) is 0 Å². The maximum Gasteiger partial charge on any atom is 0.418 e. The van der Waals surface area contributed by atoms with E-state index in [-0.39, 0.29) is 0 Å². The van der Waals surface area contributed by atoms with Gasteiger partial charge in [-0.3, -0.25) is 0 Å². The normalized spacial score (nSPS) is 11.3. The third-order valence-corrected chi connectivity index (χ3v) is 2.15. The zero-order valence-corrected chi connectivity index (χ0v) is 9.59. The number of halogens is 4. The second kappa shape index (κ2) is 4.33. The van der Waals surface area contributed by atoms with E-state index in [0.29, 0.717) is 3.70 Å². The van der Waals surface area contributed by atoms with Crippen LogP contribution in [0.4, 0.5) is 13.2 Å². The number of aromatic nitrogens is 1. The molecule has 0 aliphatic carbocycles. The molecule has 15 heavy (non-hydrogen) atoms. The quantitative estimate of drug-likeness (QED) is 0.451. The van der Waals surface area contributed by atoms with Crippen molar-refractivity contribution in [3.8, 4) is 0 Å². The maximum absolute atomic E-state index is 12.4. The van der Waals surface area contributed by atoms with Crippen LogP contribution in [0.5, 0.6) is 0 Å². The van der Waals surface area contributed by atoms with Gasteiger partial charge >= 0.3 is 12.1 Å². The first kappa shape index (κ1) is 12.2. The molecule has 0 aromatic carbocycles. The molecule has 0 bridgehead atoms. The average molecular weight is 331 g/mol. The van der Waals surface area contributed by atoms with Crippen LogP contribution < -0.4 is 0 Å². The number of carbonyl (C=O) groups is 1. The molecule has 1 aromatic rings. The minimum Gasteiger partial charge on any atom is -0.464 e. The summed E-state index contributed by atoms with van der Waals surface area (Å²) in [7, 11) is 1.00. The molecule has 1 rings (SSSR count). The highest BCUT2D eigenvalue weighted by molar-refractivity contribution is 14.1. The van der Waals surface area contributed by atoms with Crippen LogP contribution in [0, 0.1) is 3.70 Å². The highest BCUT2D eigenvalue weighted by atomic mass is 127. The van der Waals surface area contributed by atoms with Gasteiger partial charge in [-0.15, -0.1) is 0 Å². The number of carbonyl (C=O) groups excluding carboxylic acids is 1. The monoisotopic (exact) mass is 331 g/mol. The fourth-order valence-electron chi connectivity index (χ4n) is 0.916. The summed E-state index contributed by atoms with van der Waals surface area (Å²) < 4.78 is 41.8. The Morgan fingerprint density at radius 3 is 2.53 bits per heavy atom. The van der Waals surface area contributed by atoms with Crippen LogP contribution in [-0.2, 0) is 10.9 Å². The summed E-state index contributed by atoms with van der Waals surface area (Å²) in [6.07, 6.45) is -4.61. The van der Waals surface area contributed by atoms with E-state index in [1.807, 2.05) is 0 Å². The fourth-order valence-corrected chi connectivity index (χ4v) is 1.34. The van der Waals surface area contributed by atoms with Crippen molar-refractivity contribution in [1.82, 2.24) is 4.98 Å². The van der Waals surface area contributed by atoms with Gasteiger partial charge in [-0.2, -0.15) is 13.2 Å². The number of nitrogens with zero attached hydrogens (tertiary/aromatic N) is 1. The first-order valence-corrected chi connectivity index (χ1v) is 4.76. The third-order valence-electron chi connectivity index (χ3n) is 1.55. The van der Waals surface area contributed by atoms with Crippen molar-refractivity contribution in [3.63, 3.8) is 0 Å². The van der Waals surface area contributed by atoms with Gasteiger partial charge in [0.2, 0.25) is 0 Å². The van der Waals surface area contributed by atoms with Crippen LogP contribution >= 0.6 is 22.6 Å². The van der Waals surface area contributed by atoms with Gasteiger partial charge in [0.15, 0.2) is 5.69 Å². The lowest BCUT2D eigenvalue weighted by Gasteiger charge is -2.10. The average Bonchev–Trinajstić information content (AvgIpc) is 2.14. The van der Waals surface area contributed by atoms with Crippen molar-refractivity contribution in [2.45, 2.75) is 6.18 Å². The first-order chi connectivity index (χ1) is 6.86. The third kappa shape index (κ3) is 2.80. The number of alkyl halides is 3. The van der Waals surface area contributed by atoms with Crippen LogP contribution in [0.2, 0.25) is 0 Å². The van der Waals surface area contributed by atoms with Crippen LogP contribution in [-0.4, -0.2) is 18.1 Å². The SMILES string of the molecule is COC(=O)c1nc(I)ccc1C(F)(F)F. The van der Waals surface area contributed by atoms with Gasteiger partial charge < -0.3 is 4.74 Å². The summed E-state index contributed by atoms with van der Waals surface area (Å²) in [5.74, 6) is -1.10. The van der Waals surface area contributed by atoms with Gasteiger partial charge in [0.1, 0.15) is 3.70 Å². The number of hydrogen-bond acceptors (Lipinski definition) is 3. The molecule has 0 saturated heterocycles. The largest absolute Gasteiger partial charge is 0.464 e. The highest BCUT2D eigenvalue weighted by Gasteiger charge is 2.36. The number of rotatable bonds is 1. The molecule has 82 valence electrons. The minimum atomic E-state index is -4.61. The van der Waals surface area contributed by atoms with Crippen LogP contribution in [0.25, 0.3) is 0 Å². The standard InChI is InChI=1S/C8H5F3INO2/c1-15-7(14)6-4(8(9,10)11)2-3-5(12)13-6/h2-3H,1H3. The Morgan fingerprint density at radius 1 is 1.47 bits per heavy atom. The maximum atomic E-state index is 12.4. The molecule has 7 heteroatoms.